The van der Waals surface area contributed by atoms with Crippen LogP contribution in [-0.2, 0) is 16.1 Å². The van der Waals surface area contributed by atoms with Crippen molar-refractivity contribution in [2.45, 2.75) is 26.4 Å². The minimum absolute atomic E-state index is 0.0311. The van der Waals surface area contributed by atoms with Gasteiger partial charge >= 0.3 is 6.03 Å². The molecule has 0 bridgehead atoms. The van der Waals surface area contributed by atoms with Crippen LogP contribution in [0.4, 0.5) is 4.79 Å². The molecule has 0 aliphatic carbocycles. The third kappa shape index (κ3) is 5.25. The van der Waals surface area contributed by atoms with Crippen molar-refractivity contribution in [2.75, 3.05) is 45.8 Å². The zero-order valence-corrected chi connectivity index (χ0v) is 23.1. The van der Waals surface area contributed by atoms with Gasteiger partial charge in [0.25, 0.3) is 5.91 Å². The van der Waals surface area contributed by atoms with Crippen molar-refractivity contribution in [2.24, 2.45) is 0 Å². The lowest BCUT2D eigenvalue weighted by Crippen LogP contribution is -2.51. The molecule has 200 valence electrons. The van der Waals surface area contributed by atoms with Crippen LogP contribution in [0.5, 0.6) is 0 Å². The molecule has 0 radical (unpaired) electrons. The Kier molecular flexibility index (Phi) is 7.66. The van der Waals surface area contributed by atoms with Gasteiger partial charge in [-0.3, -0.25) is 19.4 Å². The highest BCUT2D eigenvalue weighted by atomic mass is 35.5. The smallest absolute Gasteiger partial charge is 0.322 e. The molecule has 1 atom stereocenters. The zero-order valence-electron chi connectivity index (χ0n) is 21.5. The molecule has 2 aromatic rings. The fourth-order valence-corrected chi connectivity index (χ4v) is 5.87. The first kappa shape index (κ1) is 26.5. The van der Waals surface area contributed by atoms with Gasteiger partial charge in [0, 0.05) is 49.3 Å². The van der Waals surface area contributed by atoms with Crippen molar-refractivity contribution in [3.8, 4) is 0 Å². The number of piperazine rings is 1. The van der Waals surface area contributed by atoms with Crippen molar-refractivity contribution in [3.05, 3.63) is 80.5 Å². The average Bonchev–Trinajstić information content (AvgIpc) is 3.21. The molecule has 0 saturated carbocycles. The van der Waals surface area contributed by atoms with Gasteiger partial charge in [-0.2, -0.15) is 0 Å². The number of nitrogens with one attached hydrogen (secondary N) is 1. The molecule has 0 aromatic heterocycles. The lowest BCUT2D eigenvalue weighted by molar-refractivity contribution is -0.139. The number of halogens is 2. The number of hydrogen-bond acceptors (Lipinski definition) is 4. The molecule has 0 spiro atoms. The fraction of sp³-hybridized carbons (Fsp3) is 0.393. The monoisotopic (exact) mass is 555 g/mol. The van der Waals surface area contributed by atoms with Crippen LogP contribution >= 0.6 is 23.2 Å². The summed E-state index contributed by atoms with van der Waals surface area (Å²) in [5, 5.41) is 3.75. The van der Waals surface area contributed by atoms with Crippen LogP contribution in [0, 0.1) is 6.92 Å². The van der Waals surface area contributed by atoms with Gasteiger partial charge in [-0.15, -0.1) is 0 Å². The van der Waals surface area contributed by atoms with Gasteiger partial charge in [0.1, 0.15) is 6.54 Å². The lowest BCUT2D eigenvalue weighted by atomic mass is 9.95. The summed E-state index contributed by atoms with van der Waals surface area (Å²) in [6, 6.07) is 12.5. The second-order valence-corrected chi connectivity index (χ2v) is 10.8. The van der Waals surface area contributed by atoms with E-state index < -0.39 is 6.04 Å². The van der Waals surface area contributed by atoms with Gasteiger partial charge in [-0.25, -0.2) is 4.79 Å². The number of urea groups is 1. The van der Waals surface area contributed by atoms with Gasteiger partial charge in [0.2, 0.25) is 5.91 Å². The van der Waals surface area contributed by atoms with Crippen LogP contribution in [0.1, 0.15) is 29.7 Å². The molecule has 3 heterocycles. The molecule has 10 heteroatoms. The quantitative estimate of drug-likeness (QED) is 0.587. The zero-order chi connectivity index (χ0) is 27.0. The number of aryl methyl sites for hydroxylation is 1. The number of hydrogen-bond donors (Lipinski definition) is 1. The third-order valence-electron chi connectivity index (χ3n) is 7.46. The molecule has 38 heavy (non-hydrogen) atoms. The summed E-state index contributed by atoms with van der Waals surface area (Å²) in [6.45, 7) is 8.15. The van der Waals surface area contributed by atoms with E-state index in [4.69, 9.17) is 23.2 Å². The molecule has 2 aromatic carbocycles. The molecule has 1 N–H and O–H groups in total. The van der Waals surface area contributed by atoms with Gasteiger partial charge in [-0.1, -0.05) is 59.1 Å². The van der Waals surface area contributed by atoms with Gasteiger partial charge in [0.05, 0.1) is 23.9 Å². The number of benzene rings is 2. The van der Waals surface area contributed by atoms with Crippen LogP contribution in [0.2, 0.25) is 10.0 Å². The Bertz CT molecular complexity index is 1290. The summed E-state index contributed by atoms with van der Waals surface area (Å²) in [6.07, 6.45) is 0. The SMILES string of the molecule is CCN1C(=O)N[C@H](c2ccc(Cl)cc2Cl)C2=C1CN(CC(=O)N1CCN(Cc3ccc(C)cc3)CC1)C2=O. The Morgan fingerprint density at radius 2 is 1.74 bits per heavy atom. The normalized spacial score (nSPS) is 20.2. The van der Waals surface area contributed by atoms with E-state index >= 15 is 0 Å². The topological polar surface area (TPSA) is 76.2 Å². The summed E-state index contributed by atoms with van der Waals surface area (Å²) in [5.41, 5.74) is 4.16. The second-order valence-electron chi connectivity index (χ2n) is 9.96. The van der Waals surface area contributed by atoms with Gasteiger partial charge < -0.3 is 15.1 Å². The average molecular weight is 556 g/mol. The molecule has 3 aliphatic heterocycles. The van der Waals surface area contributed by atoms with Gasteiger partial charge in [-0.05, 0) is 37.1 Å². The van der Waals surface area contributed by atoms with Crippen LogP contribution in [-0.4, -0.2) is 83.3 Å². The number of nitrogens with zero attached hydrogens (tertiary/aromatic N) is 4. The highest BCUT2D eigenvalue weighted by Crippen LogP contribution is 2.39. The standard InChI is InChI=1S/C28H31Cl2N5O3/c1-3-35-23-16-34(27(37)25(23)26(31-28(35)38)21-9-8-20(29)14-22(21)30)17-24(36)33-12-10-32(11-13-33)15-19-6-4-18(2)5-7-19/h4-9,14,26H,3,10-13,15-17H2,1-2H3,(H,31,38)/t26-/m1/s1. The summed E-state index contributed by atoms with van der Waals surface area (Å²) in [5.74, 6) is -0.350. The number of amides is 4. The predicted octanol–water partition coefficient (Wildman–Crippen LogP) is 3.83. The first-order valence-electron chi connectivity index (χ1n) is 12.9. The van der Waals surface area contributed by atoms with E-state index in [1.54, 1.807) is 23.1 Å². The second kappa shape index (κ2) is 11.0. The number of likely N-dealkylation sites (N-methyl/N-ethyl adjacent to an activating group) is 1. The molecule has 3 aliphatic rings. The van der Waals surface area contributed by atoms with E-state index in [1.807, 2.05) is 11.8 Å². The van der Waals surface area contributed by atoms with Crippen molar-refractivity contribution < 1.29 is 14.4 Å². The number of carbonyl (C=O) groups is 3. The largest absolute Gasteiger partial charge is 0.339 e. The van der Waals surface area contributed by atoms with Crippen LogP contribution < -0.4 is 5.32 Å². The molecular formula is C28H31Cl2N5O3. The van der Waals surface area contributed by atoms with E-state index in [2.05, 4.69) is 41.4 Å². The fourth-order valence-electron chi connectivity index (χ4n) is 5.35. The third-order valence-corrected chi connectivity index (χ3v) is 8.03. The molecule has 4 amide bonds. The summed E-state index contributed by atoms with van der Waals surface area (Å²) < 4.78 is 0. The van der Waals surface area contributed by atoms with Crippen molar-refractivity contribution in [1.29, 1.82) is 0 Å². The maximum atomic E-state index is 13.6. The molecule has 5 rings (SSSR count). The molecule has 1 saturated heterocycles. The van der Waals surface area contributed by atoms with Crippen LogP contribution in [0.25, 0.3) is 0 Å². The molecule has 1 fully saturated rings. The summed E-state index contributed by atoms with van der Waals surface area (Å²) >= 11 is 12.5. The highest BCUT2D eigenvalue weighted by Gasteiger charge is 2.44. The number of carbonyl (C=O) groups excluding carboxylic acids is 3. The Labute approximate surface area is 232 Å². The Morgan fingerprint density at radius 3 is 2.39 bits per heavy atom. The maximum absolute atomic E-state index is 13.6. The van der Waals surface area contributed by atoms with E-state index in [-0.39, 0.29) is 30.9 Å². The van der Waals surface area contributed by atoms with E-state index in [0.717, 1.165) is 19.6 Å². The Balaban J connectivity index is 1.25. The van der Waals surface area contributed by atoms with Crippen LogP contribution in [0.15, 0.2) is 53.7 Å². The minimum Gasteiger partial charge on any atom is -0.339 e. The van der Waals surface area contributed by atoms with Crippen molar-refractivity contribution in [1.82, 2.24) is 24.9 Å². The number of rotatable bonds is 6. The summed E-state index contributed by atoms with van der Waals surface area (Å²) in [4.78, 5) is 47.0. The first-order chi connectivity index (χ1) is 18.2. The molecule has 8 nitrogen and oxygen atoms in total. The Morgan fingerprint density at radius 1 is 1.03 bits per heavy atom. The van der Waals surface area contributed by atoms with Crippen molar-refractivity contribution in [3.63, 3.8) is 0 Å². The van der Waals surface area contributed by atoms with Crippen molar-refractivity contribution >= 4 is 41.0 Å². The Hall–Kier alpha value is -3.07. The molecular weight excluding hydrogens is 525 g/mol. The lowest BCUT2D eigenvalue weighted by Gasteiger charge is -2.35. The van der Waals surface area contributed by atoms with E-state index in [0.29, 0.717) is 46.5 Å². The van der Waals surface area contributed by atoms with Gasteiger partial charge in [0.15, 0.2) is 0 Å². The van der Waals surface area contributed by atoms with E-state index in [1.165, 1.54) is 16.0 Å². The maximum Gasteiger partial charge on any atom is 0.322 e. The predicted molar refractivity (Wildman–Crippen MR) is 147 cm³/mol. The highest BCUT2D eigenvalue weighted by molar-refractivity contribution is 6.35. The van der Waals surface area contributed by atoms with E-state index in [9.17, 15) is 14.4 Å². The first-order valence-corrected chi connectivity index (χ1v) is 13.6. The minimum atomic E-state index is -0.706. The van der Waals surface area contributed by atoms with Crippen LogP contribution in [0.3, 0.4) is 0 Å². The molecule has 0 unspecified atom stereocenters. The summed E-state index contributed by atoms with van der Waals surface area (Å²) in [7, 11) is 0.